The Kier molecular flexibility index (Phi) is 5.54. The van der Waals surface area contributed by atoms with Gasteiger partial charge in [0.1, 0.15) is 0 Å². The van der Waals surface area contributed by atoms with Crippen molar-refractivity contribution in [3.8, 4) is 0 Å². The Hall–Kier alpha value is -1.73. The van der Waals surface area contributed by atoms with Crippen molar-refractivity contribution < 1.29 is 9.59 Å². The van der Waals surface area contributed by atoms with Crippen LogP contribution in [0.4, 0.5) is 5.69 Å². The van der Waals surface area contributed by atoms with E-state index >= 15 is 0 Å². The summed E-state index contributed by atoms with van der Waals surface area (Å²) < 4.78 is 0.912. The number of hydrogen-bond acceptors (Lipinski definition) is 4. The number of aromatic nitrogens is 1. The molecule has 132 valence electrons. The van der Waals surface area contributed by atoms with Gasteiger partial charge in [0.25, 0.3) is 0 Å². The van der Waals surface area contributed by atoms with Crippen molar-refractivity contribution in [2.45, 2.75) is 32.7 Å². The van der Waals surface area contributed by atoms with Gasteiger partial charge in [-0.15, -0.1) is 11.3 Å². The largest absolute Gasteiger partial charge is 0.350 e. The van der Waals surface area contributed by atoms with Gasteiger partial charge in [-0.05, 0) is 18.2 Å². The number of carbonyl (C=O) groups is 2. The highest BCUT2D eigenvalue weighted by Gasteiger charge is 2.35. The number of anilines is 1. The highest BCUT2D eigenvalue weighted by molar-refractivity contribution is 9.10. The maximum absolute atomic E-state index is 12.4. The SMILES string of the molecule is CC(C)c1nc(CNC(=O)C2CC(=O)N(c3cccc(Br)c3)C2)cs1. The van der Waals surface area contributed by atoms with E-state index in [0.29, 0.717) is 19.0 Å². The minimum absolute atomic E-state index is 0.0194. The van der Waals surface area contributed by atoms with Gasteiger partial charge in [0.15, 0.2) is 0 Å². The summed E-state index contributed by atoms with van der Waals surface area (Å²) in [6, 6.07) is 7.56. The number of nitrogens with zero attached hydrogens (tertiary/aromatic N) is 2. The van der Waals surface area contributed by atoms with E-state index in [-0.39, 0.29) is 24.2 Å². The van der Waals surface area contributed by atoms with Crippen molar-refractivity contribution in [2.24, 2.45) is 5.92 Å². The monoisotopic (exact) mass is 421 g/mol. The van der Waals surface area contributed by atoms with Gasteiger partial charge in [-0.3, -0.25) is 9.59 Å². The van der Waals surface area contributed by atoms with Gasteiger partial charge in [0.2, 0.25) is 11.8 Å². The lowest BCUT2D eigenvalue weighted by Gasteiger charge is -2.17. The van der Waals surface area contributed by atoms with Crippen LogP contribution in [0.5, 0.6) is 0 Å². The molecule has 1 aromatic carbocycles. The Bertz CT molecular complexity index is 790. The number of halogens is 1. The second-order valence-electron chi connectivity index (χ2n) is 6.43. The van der Waals surface area contributed by atoms with Crippen LogP contribution in [-0.4, -0.2) is 23.3 Å². The topological polar surface area (TPSA) is 62.3 Å². The molecule has 1 fully saturated rings. The third kappa shape index (κ3) is 4.27. The molecule has 1 aromatic heterocycles. The fourth-order valence-electron chi connectivity index (χ4n) is 2.77. The quantitative estimate of drug-likeness (QED) is 0.800. The molecule has 0 aliphatic carbocycles. The molecule has 0 bridgehead atoms. The van der Waals surface area contributed by atoms with Gasteiger partial charge >= 0.3 is 0 Å². The molecule has 1 unspecified atom stereocenters. The molecule has 5 nitrogen and oxygen atoms in total. The van der Waals surface area contributed by atoms with E-state index in [1.54, 1.807) is 16.2 Å². The molecule has 7 heteroatoms. The molecule has 1 saturated heterocycles. The summed E-state index contributed by atoms with van der Waals surface area (Å²) in [6.07, 6.45) is 0.243. The Morgan fingerprint density at radius 2 is 2.28 bits per heavy atom. The van der Waals surface area contributed by atoms with E-state index in [1.807, 2.05) is 29.6 Å². The molecule has 1 N–H and O–H groups in total. The average Bonchev–Trinajstić information content (AvgIpc) is 3.19. The predicted molar refractivity (Wildman–Crippen MR) is 103 cm³/mol. The van der Waals surface area contributed by atoms with Crippen LogP contribution in [-0.2, 0) is 16.1 Å². The normalized spacial score (nSPS) is 17.4. The van der Waals surface area contributed by atoms with E-state index < -0.39 is 0 Å². The molecule has 3 rings (SSSR count). The maximum atomic E-state index is 12.4. The van der Waals surface area contributed by atoms with Gasteiger partial charge in [0.05, 0.1) is 23.2 Å². The molecule has 0 spiro atoms. The van der Waals surface area contributed by atoms with E-state index in [2.05, 4.69) is 40.1 Å². The zero-order valence-corrected chi connectivity index (χ0v) is 16.6. The lowest BCUT2D eigenvalue weighted by atomic mass is 10.1. The van der Waals surface area contributed by atoms with Crippen molar-refractivity contribution in [3.05, 3.63) is 44.8 Å². The summed E-state index contributed by atoms with van der Waals surface area (Å²) in [4.78, 5) is 30.9. The summed E-state index contributed by atoms with van der Waals surface area (Å²) in [5, 5.41) is 5.96. The maximum Gasteiger partial charge on any atom is 0.227 e. The van der Waals surface area contributed by atoms with Crippen LogP contribution in [0.2, 0.25) is 0 Å². The standard InChI is InChI=1S/C18H20BrN3O2S/c1-11(2)18-21-14(10-25-18)8-20-17(24)12-6-16(23)22(9-12)15-5-3-4-13(19)7-15/h3-5,7,10-12H,6,8-9H2,1-2H3,(H,20,24). The van der Waals surface area contributed by atoms with Gasteiger partial charge < -0.3 is 10.2 Å². The van der Waals surface area contributed by atoms with Crippen LogP contribution >= 0.6 is 27.3 Å². The number of carbonyl (C=O) groups excluding carboxylic acids is 2. The van der Waals surface area contributed by atoms with Gasteiger partial charge in [0, 0.05) is 34.4 Å². The van der Waals surface area contributed by atoms with Gasteiger partial charge in [-0.1, -0.05) is 35.8 Å². The van der Waals surface area contributed by atoms with Crippen LogP contribution in [0.3, 0.4) is 0 Å². The van der Waals surface area contributed by atoms with E-state index in [0.717, 1.165) is 20.9 Å². The molecular formula is C18H20BrN3O2S. The molecule has 1 aliphatic rings. The van der Waals surface area contributed by atoms with Crippen LogP contribution in [0.1, 0.15) is 36.9 Å². The first kappa shape index (κ1) is 18.1. The third-order valence-corrected chi connectivity index (χ3v) is 5.81. The second kappa shape index (κ2) is 7.66. The molecule has 2 amide bonds. The molecule has 1 atom stereocenters. The summed E-state index contributed by atoms with van der Waals surface area (Å²) in [6.45, 7) is 5.02. The zero-order valence-electron chi connectivity index (χ0n) is 14.2. The van der Waals surface area contributed by atoms with E-state index in [9.17, 15) is 9.59 Å². The van der Waals surface area contributed by atoms with Crippen LogP contribution in [0.15, 0.2) is 34.1 Å². The first-order chi connectivity index (χ1) is 11.9. The van der Waals surface area contributed by atoms with Crippen molar-refractivity contribution in [3.63, 3.8) is 0 Å². The fraction of sp³-hybridized carbons (Fsp3) is 0.389. The summed E-state index contributed by atoms with van der Waals surface area (Å²) >= 11 is 5.02. The molecular weight excluding hydrogens is 402 g/mol. The molecule has 1 aliphatic heterocycles. The van der Waals surface area contributed by atoms with Crippen molar-refractivity contribution in [1.29, 1.82) is 0 Å². The number of nitrogens with one attached hydrogen (secondary N) is 1. The Morgan fingerprint density at radius 3 is 2.96 bits per heavy atom. The van der Waals surface area contributed by atoms with Crippen molar-refractivity contribution in [1.82, 2.24) is 10.3 Å². The van der Waals surface area contributed by atoms with Crippen LogP contribution in [0, 0.1) is 5.92 Å². The zero-order chi connectivity index (χ0) is 18.0. The smallest absolute Gasteiger partial charge is 0.227 e. The molecule has 2 heterocycles. The Morgan fingerprint density at radius 1 is 1.48 bits per heavy atom. The third-order valence-electron chi connectivity index (χ3n) is 4.12. The Balaban J connectivity index is 1.59. The Labute approximate surface area is 159 Å². The predicted octanol–water partition coefficient (Wildman–Crippen LogP) is 3.70. The highest BCUT2D eigenvalue weighted by Crippen LogP contribution is 2.27. The van der Waals surface area contributed by atoms with Crippen LogP contribution < -0.4 is 10.2 Å². The van der Waals surface area contributed by atoms with Crippen molar-refractivity contribution >= 4 is 44.8 Å². The number of hydrogen-bond donors (Lipinski definition) is 1. The molecule has 2 aromatic rings. The lowest BCUT2D eigenvalue weighted by Crippen LogP contribution is -2.32. The van der Waals surface area contributed by atoms with Gasteiger partial charge in [-0.25, -0.2) is 4.98 Å². The molecule has 0 saturated carbocycles. The van der Waals surface area contributed by atoms with Crippen LogP contribution in [0.25, 0.3) is 0 Å². The number of thiazole rings is 1. The number of benzene rings is 1. The van der Waals surface area contributed by atoms with Gasteiger partial charge in [-0.2, -0.15) is 0 Å². The molecule has 25 heavy (non-hydrogen) atoms. The minimum Gasteiger partial charge on any atom is -0.350 e. The van der Waals surface area contributed by atoms with E-state index in [1.165, 1.54) is 0 Å². The first-order valence-electron chi connectivity index (χ1n) is 8.22. The second-order valence-corrected chi connectivity index (χ2v) is 8.24. The average molecular weight is 422 g/mol. The first-order valence-corrected chi connectivity index (χ1v) is 9.89. The summed E-state index contributed by atoms with van der Waals surface area (Å²) in [5.74, 6) is -0.0470. The summed E-state index contributed by atoms with van der Waals surface area (Å²) in [7, 11) is 0. The molecule has 0 radical (unpaired) electrons. The lowest BCUT2D eigenvalue weighted by molar-refractivity contribution is -0.126. The number of amides is 2. The van der Waals surface area contributed by atoms with Crippen molar-refractivity contribution in [2.75, 3.05) is 11.4 Å². The summed E-state index contributed by atoms with van der Waals surface area (Å²) in [5.41, 5.74) is 1.69. The minimum atomic E-state index is -0.324. The number of rotatable bonds is 5. The highest BCUT2D eigenvalue weighted by atomic mass is 79.9. The van der Waals surface area contributed by atoms with E-state index in [4.69, 9.17) is 0 Å². The fourth-order valence-corrected chi connectivity index (χ4v) is 3.99.